The van der Waals surface area contributed by atoms with Crippen LogP contribution in [-0.4, -0.2) is 34.4 Å². The van der Waals surface area contributed by atoms with Gasteiger partial charge in [0.25, 0.3) is 5.91 Å². The van der Waals surface area contributed by atoms with Crippen LogP contribution < -0.4 is 5.43 Å². The normalized spacial score (nSPS) is 18.2. The molecule has 1 aromatic carbocycles. The van der Waals surface area contributed by atoms with Crippen LogP contribution in [0.4, 0.5) is 0 Å². The predicted octanol–water partition coefficient (Wildman–Crippen LogP) is 1.57. The van der Waals surface area contributed by atoms with E-state index in [9.17, 15) is 14.4 Å². The summed E-state index contributed by atoms with van der Waals surface area (Å²) >= 11 is 11.6. The molecule has 20 heavy (non-hydrogen) atoms. The molecule has 0 bridgehead atoms. The Labute approximate surface area is 124 Å². The van der Waals surface area contributed by atoms with Crippen molar-refractivity contribution in [2.24, 2.45) is 5.92 Å². The highest BCUT2D eigenvalue weighted by Crippen LogP contribution is 2.22. The molecule has 0 radical (unpaired) electrons. The molecule has 2 N–H and O–H groups in total. The van der Waals surface area contributed by atoms with Gasteiger partial charge in [-0.3, -0.25) is 24.8 Å². The van der Waals surface area contributed by atoms with E-state index in [2.05, 4.69) is 5.43 Å². The Morgan fingerprint density at radius 1 is 1.35 bits per heavy atom. The summed E-state index contributed by atoms with van der Waals surface area (Å²) in [6.07, 6.45) is -0.135. The van der Waals surface area contributed by atoms with Crippen LogP contribution >= 0.6 is 23.2 Å². The van der Waals surface area contributed by atoms with E-state index in [0.717, 1.165) is 5.01 Å². The van der Waals surface area contributed by atoms with Gasteiger partial charge in [0, 0.05) is 11.4 Å². The Bertz CT molecular complexity index is 591. The molecule has 1 heterocycles. The van der Waals surface area contributed by atoms with Crippen molar-refractivity contribution in [3.05, 3.63) is 33.8 Å². The van der Waals surface area contributed by atoms with Gasteiger partial charge in [-0.25, -0.2) is 0 Å². The number of hydrazine groups is 1. The SMILES string of the molecule is O=C(NN1C[C@@H](C(=O)O)CC1=O)c1ccc(Cl)cc1Cl. The number of carbonyl (C=O) groups is 3. The number of halogens is 2. The zero-order valence-electron chi connectivity index (χ0n) is 10.1. The molecular formula is C12H10Cl2N2O4. The van der Waals surface area contributed by atoms with Crippen LogP contribution in [0.2, 0.25) is 10.0 Å². The third-order valence-corrected chi connectivity index (χ3v) is 3.43. The first kappa shape index (κ1) is 14.6. The summed E-state index contributed by atoms with van der Waals surface area (Å²) in [7, 11) is 0. The fraction of sp³-hybridized carbons (Fsp3) is 0.250. The average molecular weight is 317 g/mol. The Morgan fingerprint density at radius 3 is 2.60 bits per heavy atom. The molecule has 1 saturated heterocycles. The molecule has 8 heteroatoms. The number of nitrogens with zero attached hydrogens (tertiary/aromatic N) is 1. The lowest BCUT2D eigenvalue weighted by Gasteiger charge is -2.17. The molecule has 2 amide bonds. The minimum absolute atomic E-state index is 0.0644. The van der Waals surface area contributed by atoms with Crippen molar-refractivity contribution in [2.45, 2.75) is 6.42 Å². The van der Waals surface area contributed by atoms with E-state index in [-0.39, 0.29) is 23.6 Å². The van der Waals surface area contributed by atoms with Gasteiger partial charge < -0.3 is 5.11 Å². The largest absolute Gasteiger partial charge is 0.481 e. The maximum atomic E-state index is 12.0. The lowest BCUT2D eigenvalue weighted by atomic mass is 10.1. The van der Waals surface area contributed by atoms with Gasteiger partial charge in [-0.1, -0.05) is 23.2 Å². The molecule has 0 unspecified atom stereocenters. The van der Waals surface area contributed by atoms with Crippen molar-refractivity contribution in [3.8, 4) is 0 Å². The van der Waals surface area contributed by atoms with Crippen molar-refractivity contribution in [2.75, 3.05) is 6.54 Å². The van der Waals surface area contributed by atoms with Gasteiger partial charge in [0.2, 0.25) is 5.91 Å². The van der Waals surface area contributed by atoms with Gasteiger partial charge in [-0.2, -0.15) is 0 Å². The van der Waals surface area contributed by atoms with Crippen molar-refractivity contribution in [1.29, 1.82) is 0 Å². The van der Waals surface area contributed by atoms with Crippen molar-refractivity contribution < 1.29 is 19.5 Å². The summed E-state index contributed by atoms with van der Waals surface area (Å²) in [4.78, 5) is 34.4. The van der Waals surface area contributed by atoms with Crippen LogP contribution in [0.1, 0.15) is 16.8 Å². The van der Waals surface area contributed by atoms with Gasteiger partial charge in [-0.15, -0.1) is 0 Å². The molecule has 0 spiro atoms. The van der Waals surface area contributed by atoms with E-state index in [1.54, 1.807) is 0 Å². The number of nitrogens with one attached hydrogen (secondary N) is 1. The molecule has 0 saturated carbocycles. The highest BCUT2D eigenvalue weighted by molar-refractivity contribution is 6.36. The van der Waals surface area contributed by atoms with E-state index < -0.39 is 23.7 Å². The maximum absolute atomic E-state index is 12.0. The van der Waals surface area contributed by atoms with Crippen LogP contribution in [0, 0.1) is 5.92 Å². The molecule has 1 fully saturated rings. The molecular weight excluding hydrogens is 307 g/mol. The number of carboxylic acids is 1. The summed E-state index contributed by atoms with van der Waals surface area (Å²) in [5.74, 6) is -2.93. The van der Waals surface area contributed by atoms with Gasteiger partial charge in [-0.05, 0) is 18.2 Å². The van der Waals surface area contributed by atoms with Crippen LogP contribution in [0.3, 0.4) is 0 Å². The van der Waals surface area contributed by atoms with Crippen LogP contribution in [-0.2, 0) is 9.59 Å². The Balaban J connectivity index is 2.08. The summed E-state index contributed by atoms with van der Waals surface area (Å²) < 4.78 is 0. The lowest BCUT2D eigenvalue weighted by molar-refractivity contribution is -0.141. The second kappa shape index (κ2) is 5.68. The topological polar surface area (TPSA) is 86.7 Å². The van der Waals surface area contributed by atoms with E-state index in [0.29, 0.717) is 5.02 Å². The van der Waals surface area contributed by atoms with Gasteiger partial charge in [0.1, 0.15) is 0 Å². The number of carbonyl (C=O) groups excluding carboxylic acids is 2. The summed E-state index contributed by atoms with van der Waals surface area (Å²) in [5, 5.41) is 10.4. The zero-order chi connectivity index (χ0) is 14.9. The number of hydrogen-bond donors (Lipinski definition) is 2. The first-order chi connectivity index (χ1) is 9.38. The van der Waals surface area contributed by atoms with Gasteiger partial charge in [0.05, 0.1) is 23.0 Å². The molecule has 2 rings (SSSR count). The third kappa shape index (κ3) is 3.02. The first-order valence-corrected chi connectivity index (χ1v) is 6.43. The predicted molar refractivity (Wildman–Crippen MR) is 71.4 cm³/mol. The molecule has 0 aliphatic carbocycles. The Morgan fingerprint density at radius 2 is 2.05 bits per heavy atom. The van der Waals surface area contributed by atoms with E-state index in [1.807, 2.05) is 0 Å². The summed E-state index contributed by atoms with van der Waals surface area (Å²) in [5.41, 5.74) is 2.50. The number of carboxylic acid groups (broad SMARTS) is 1. The number of rotatable bonds is 3. The fourth-order valence-corrected chi connectivity index (χ4v) is 2.33. The molecule has 1 aromatic rings. The monoisotopic (exact) mass is 316 g/mol. The van der Waals surface area contributed by atoms with Crippen LogP contribution in [0.25, 0.3) is 0 Å². The van der Waals surface area contributed by atoms with E-state index >= 15 is 0 Å². The van der Waals surface area contributed by atoms with Crippen molar-refractivity contribution >= 4 is 41.0 Å². The molecule has 6 nitrogen and oxygen atoms in total. The summed E-state index contributed by atoms with van der Waals surface area (Å²) in [6.45, 7) is -0.0644. The lowest BCUT2D eigenvalue weighted by Crippen LogP contribution is -2.43. The second-order valence-electron chi connectivity index (χ2n) is 4.31. The van der Waals surface area contributed by atoms with Crippen molar-refractivity contribution in [1.82, 2.24) is 10.4 Å². The number of amides is 2. The second-order valence-corrected chi connectivity index (χ2v) is 5.15. The average Bonchev–Trinajstić information content (AvgIpc) is 2.71. The van der Waals surface area contributed by atoms with Gasteiger partial charge >= 0.3 is 5.97 Å². The Kier molecular flexibility index (Phi) is 4.15. The quantitative estimate of drug-likeness (QED) is 0.886. The summed E-state index contributed by atoms with van der Waals surface area (Å²) in [6, 6.07) is 4.33. The minimum atomic E-state index is -1.07. The zero-order valence-corrected chi connectivity index (χ0v) is 11.6. The highest BCUT2D eigenvalue weighted by Gasteiger charge is 2.35. The fourth-order valence-electron chi connectivity index (χ4n) is 1.84. The van der Waals surface area contributed by atoms with Crippen LogP contribution in [0.5, 0.6) is 0 Å². The molecule has 1 atom stereocenters. The standard InChI is InChI=1S/C12H10Cl2N2O4/c13-7-1-2-8(9(14)4-7)11(18)15-16-5-6(12(19)20)3-10(16)17/h1-2,4,6H,3,5H2,(H,15,18)(H,19,20)/t6-/m0/s1. The molecule has 1 aliphatic rings. The first-order valence-electron chi connectivity index (χ1n) is 5.67. The number of aliphatic carboxylic acids is 1. The van der Waals surface area contributed by atoms with E-state index in [4.69, 9.17) is 28.3 Å². The minimum Gasteiger partial charge on any atom is -0.481 e. The van der Waals surface area contributed by atoms with Crippen LogP contribution in [0.15, 0.2) is 18.2 Å². The molecule has 106 valence electrons. The van der Waals surface area contributed by atoms with Gasteiger partial charge in [0.15, 0.2) is 0 Å². The van der Waals surface area contributed by atoms with E-state index in [1.165, 1.54) is 18.2 Å². The highest BCUT2D eigenvalue weighted by atomic mass is 35.5. The number of hydrogen-bond acceptors (Lipinski definition) is 3. The smallest absolute Gasteiger partial charge is 0.308 e. The number of benzene rings is 1. The van der Waals surface area contributed by atoms with Crippen molar-refractivity contribution in [3.63, 3.8) is 0 Å². The third-order valence-electron chi connectivity index (χ3n) is 2.89. The Hall–Kier alpha value is -1.79. The maximum Gasteiger partial charge on any atom is 0.308 e. The molecule has 1 aliphatic heterocycles. The molecule has 0 aromatic heterocycles.